The summed E-state index contributed by atoms with van der Waals surface area (Å²) in [6.45, 7) is 3.29. The maximum atomic E-state index is 6.14. The highest BCUT2D eigenvalue weighted by atomic mass is 35.5. The predicted octanol–water partition coefficient (Wildman–Crippen LogP) is 5.35. The number of rotatable bonds is 6. The Labute approximate surface area is 208 Å². The molecule has 3 heterocycles. The molecule has 0 amide bonds. The van der Waals surface area contributed by atoms with Gasteiger partial charge in [-0.15, -0.1) is 12.4 Å². The number of ether oxygens (including phenoxy) is 3. The maximum absolute atomic E-state index is 6.14. The highest BCUT2D eigenvalue weighted by Gasteiger charge is 2.32. The Morgan fingerprint density at radius 1 is 1.15 bits per heavy atom. The number of benzene rings is 2. The third-order valence-electron chi connectivity index (χ3n) is 5.99. The van der Waals surface area contributed by atoms with Gasteiger partial charge < -0.3 is 19.5 Å². The van der Waals surface area contributed by atoms with Gasteiger partial charge in [-0.05, 0) is 43.7 Å². The van der Waals surface area contributed by atoms with E-state index < -0.39 is 0 Å². The number of hydrogen-bond acceptors (Lipinski definition) is 7. The molecule has 1 N–H and O–H groups in total. The van der Waals surface area contributed by atoms with E-state index in [1.54, 1.807) is 19.2 Å². The molecule has 5 rings (SSSR count). The van der Waals surface area contributed by atoms with Crippen molar-refractivity contribution in [2.24, 2.45) is 0 Å². The molecule has 0 aliphatic carbocycles. The fourth-order valence-corrected chi connectivity index (χ4v) is 4.61. The Morgan fingerprint density at radius 2 is 2.03 bits per heavy atom. The summed E-state index contributed by atoms with van der Waals surface area (Å²) in [5, 5.41) is 5.04. The zero-order chi connectivity index (χ0) is 22.1. The summed E-state index contributed by atoms with van der Waals surface area (Å²) in [6, 6.07) is 9.65. The molecule has 0 saturated carbocycles. The van der Waals surface area contributed by atoms with E-state index in [-0.39, 0.29) is 18.5 Å². The second-order valence-electron chi connectivity index (χ2n) is 8.05. The van der Waals surface area contributed by atoms with Crippen molar-refractivity contribution in [1.29, 1.82) is 0 Å². The number of aromatic nitrogens is 2. The topological polar surface area (TPSA) is 68.7 Å². The summed E-state index contributed by atoms with van der Waals surface area (Å²) in [5.41, 5.74) is 1.51. The molecule has 176 valence electrons. The van der Waals surface area contributed by atoms with Crippen LogP contribution in [0.2, 0.25) is 10.0 Å². The van der Waals surface area contributed by atoms with Crippen molar-refractivity contribution < 1.29 is 14.2 Å². The summed E-state index contributed by atoms with van der Waals surface area (Å²) in [7, 11) is 1.62. The van der Waals surface area contributed by atoms with Crippen molar-refractivity contribution in [3.8, 4) is 11.5 Å². The van der Waals surface area contributed by atoms with Gasteiger partial charge in [0.25, 0.3) is 0 Å². The van der Waals surface area contributed by atoms with Crippen LogP contribution in [-0.2, 0) is 4.74 Å². The quantitative estimate of drug-likeness (QED) is 0.478. The summed E-state index contributed by atoms with van der Waals surface area (Å²) in [4.78, 5) is 11.3. The number of anilines is 2. The molecular formula is C23H25Cl3N4O3. The zero-order valence-corrected chi connectivity index (χ0v) is 20.4. The van der Waals surface area contributed by atoms with Crippen LogP contribution in [0, 0.1) is 0 Å². The zero-order valence-electron chi connectivity index (χ0n) is 18.1. The van der Waals surface area contributed by atoms with Crippen molar-refractivity contribution in [3.63, 3.8) is 0 Å². The molecule has 7 nitrogen and oxygen atoms in total. The van der Waals surface area contributed by atoms with E-state index in [0.717, 1.165) is 36.3 Å². The molecule has 2 fully saturated rings. The van der Waals surface area contributed by atoms with Crippen molar-refractivity contribution in [2.75, 3.05) is 38.7 Å². The Morgan fingerprint density at radius 3 is 2.85 bits per heavy atom. The van der Waals surface area contributed by atoms with Gasteiger partial charge in [0, 0.05) is 29.7 Å². The van der Waals surface area contributed by atoms with Gasteiger partial charge in [-0.1, -0.05) is 23.2 Å². The van der Waals surface area contributed by atoms with E-state index in [9.17, 15) is 0 Å². The lowest BCUT2D eigenvalue weighted by molar-refractivity contribution is -0.0655. The molecule has 2 atom stereocenters. The van der Waals surface area contributed by atoms with Gasteiger partial charge in [-0.25, -0.2) is 9.97 Å². The minimum atomic E-state index is 0. The number of fused-ring (bicyclic) bond motifs is 2. The molecule has 2 aliphatic heterocycles. The second-order valence-corrected chi connectivity index (χ2v) is 8.87. The predicted molar refractivity (Wildman–Crippen MR) is 133 cm³/mol. The van der Waals surface area contributed by atoms with E-state index in [1.165, 1.54) is 19.2 Å². The van der Waals surface area contributed by atoms with Crippen molar-refractivity contribution in [1.82, 2.24) is 14.9 Å². The first kappa shape index (κ1) is 24.1. The number of hydrogen-bond donors (Lipinski definition) is 1. The average Bonchev–Trinajstić information content (AvgIpc) is 3.27. The molecule has 2 saturated heterocycles. The Bertz CT molecular complexity index is 1130. The molecule has 33 heavy (non-hydrogen) atoms. The molecule has 0 bridgehead atoms. The largest absolute Gasteiger partial charge is 0.493 e. The number of halogens is 3. The van der Waals surface area contributed by atoms with Crippen LogP contribution in [0.3, 0.4) is 0 Å². The van der Waals surface area contributed by atoms with E-state index in [0.29, 0.717) is 40.0 Å². The first-order valence-electron chi connectivity index (χ1n) is 10.6. The average molecular weight is 512 g/mol. The van der Waals surface area contributed by atoms with Crippen LogP contribution in [0.25, 0.3) is 10.9 Å². The van der Waals surface area contributed by atoms with Gasteiger partial charge >= 0.3 is 0 Å². The normalized spacial score (nSPS) is 20.2. The van der Waals surface area contributed by atoms with Gasteiger partial charge in [0.1, 0.15) is 24.9 Å². The number of nitrogens with zero attached hydrogens (tertiary/aromatic N) is 3. The van der Waals surface area contributed by atoms with Crippen LogP contribution in [-0.4, -0.2) is 60.4 Å². The van der Waals surface area contributed by atoms with Gasteiger partial charge in [-0.3, -0.25) is 4.90 Å². The first-order chi connectivity index (χ1) is 15.6. The van der Waals surface area contributed by atoms with Crippen LogP contribution in [0.5, 0.6) is 11.5 Å². The molecule has 0 unspecified atom stereocenters. The number of morpholine rings is 1. The monoisotopic (exact) mass is 510 g/mol. The number of methoxy groups -OCH3 is 1. The highest BCUT2D eigenvalue weighted by molar-refractivity contribution is 6.42. The van der Waals surface area contributed by atoms with E-state index >= 15 is 0 Å². The molecule has 10 heteroatoms. The van der Waals surface area contributed by atoms with Crippen molar-refractivity contribution in [2.45, 2.75) is 25.0 Å². The Kier molecular flexibility index (Phi) is 7.66. The van der Waals surface area contributed by atoms with Crippen LogP contribution in [0.1, 0.15) is 12.8 Å². The van der Waals surface area contributed by atoms with Gasteiger partial charge in [-0.2, -0.15) is 0 Å². The fraction of sp³-hybridized carbons (Fsp3) is 0.391. The fourth-order valence-electron chi connectivity index (χ4n) is 4.32. The second kappa shape index (κ2) is 10.5. The molecule has 2 aliphatic rings. The number of nitrogens with one attached hydrogen (secondary N) is 1. The molecule has 3 aromatic rings. The summed E-state index contributed by atoms with van der Waals surface area (Å²) < 4.78 is 17.7. The Hall–Kier alpha value is -2.03. The van der Waals surface area contributed by atoms with Crippen LogP contribution in [0.15, 0.2) is 36.7 Å². The van der Waals surface area contributed by atoms with Crippen LogP contribution < -0.4 is 14.8 Å². The molecule has 2 aromatic carbocycles. The minimum Gasteiger partial charge on any atom is -0.493 e. The summed E-state index contributed by atoms with van der Waals surface area (Å²) in [6.07, 6.45) is 4.03. The van der Waals surface area contributed by atoms with Gasteiger partial charge in [0.2, 0.25) is 0 Å². The van der Waals surface area contributed by atoms with Crippen LogP contribution in [0.4, 0.5) is 11.5 Å². The highest BCUT2D eigenvalue weighted by Crippen LogP contribution is 2.36. The van der Waals surface area contributed by atoms with Crippen LogP contribution >= 0.6 is 35.6 Å². The van der Waals surface area contributed by atoms with Gasteiger partial charge in [0.05, 0.1) is 29.3 Å². The van der Waals surface area contributed by atoms with Gasteiger partial charge in [0.15, 0.2) is 11.5 Å². The lowest BCUT2D eigenvalue weighted by Crippen LogP contribution is -2.48. The SMILES string of the molecule is COc1cc2c(Nc3ccc(Cl)c(Cl)c3)ncnc2cc1OC[C@H]1CN2CCC[C@@H]2CO1.Cl. The lowest BCUT2D eigenvalue weighted by atomic mass is 10.2. The van der Waals surface area contributed by atoms with E-state index in [2.05, 4.69) is 20.2 Å². The molecule has 0 spiro atoms. The van der Waals surface area contributed by atoms with Crippen molar-refractivity contribution in [3.05, 3.63) is 46.7 Å². The molecular weight excluding hydrogens is 487 g/mol. The van der Waals surface area contributed by atoms with Crippen molar-refractivity contribution >= 4 is 58.0 Å². The smallest absolute Gasteiger partial charge is 0.163 e. The molecule has 1 aromatic heterocycles. The summed E-state index contributed by atoms with van der Waals surface area (Å²) >= 11 is 12.2. The first-order valence-corrected chi connectivity index (χ1v) is 11.4. The third kappa shape index (κ3) is 5.23. The standard InChI is InChI=1S/C23H24Cl2N4O3.ClH/c1-30-21-8-17-20(26-13-27-23(17)28-14-4-5-18(24)19(25)7-14)9-22(21)32-12-16-10-29-6-2-3-15(29)11-31-16;/h4-5,7-9,13,15-16H,2-3,6,10-12H2,1H3,(H,26,27,28);1H/t15-,16-;/m1./s1. The summed E-state index contributed by atoms with van der Waals surface area (Å²) in [5.74, 6) is 1.87. The Balaban J connectivity index is 0.00000259. The lowest BCUT2D eigenvalue weighted by Gasteiger charge is -2.35. The minimum absolute atomic E-state index is 0. The van der Waals surface area contributed by atoms with E-state index in [4.69, 9.17) is 37.4 Å². The maximum Gasteiger partial charge on any atom is 0.163 e. The van der Waals surface area contributed by atoms with E-state index in [1.807, 2.05) is 18.2 Å². The molecule has 0 radical (unpaired) electrons. The third-order valence-corrected chi connectivity index (χ3v) is 6.73.